The first-order valence-electron chi connectivity index (χ1n) is 10.4. The van der Waals surface area contributed by atoms with E-state index in [0.717, 1.165) is 28.5 Å². The quantitative estimate of drug-likeness (QED) is 0.476. The molecule has 178 valence electrons. The molecule has 1 unspecified atom stereocenters. The van der Waals surface area contributed by atoms with Gasteiger partial charge in [0.1, 0.15) is 10.6 Å². The van der Waals surface area contributed by atoms with E-state index in [9.17, 15) is 17.7 Å². The van der Waals surface area contributed by atoms with Crippen molar-refractivity contribution in [2.24, 2.45) is 0 Å². The van der Waals surface area contributed by atoms with Crippen molar-refractivity contribution in [2.45, 2.75) is 50.6 Å². The fourth-order valence-corrected chi connectivity index (χ4v) is 5.49. The van der Waals surface area contributed by atoms with Gasteiger partial charge in [-0.15, -0.1) is 4.31 Å². The van der Waals surface area contributed by atoms with Crippen molar-refractivity contribution in [3.63, 3.8) is 0 Å². The molecule has 0 amide bonds. The van der Waals surface area contributed by atoms with E-state index in [4.69, 9.17) is 11.6 Å². The van der Waals surface area contributed by atoms with Crippen LogP contribution in [0.1, 0.15) is 44.5 Å². The molecular formula is C21H24ClF3N6OS. The van der Waals surface area contributed by atoms with Gasteiger partial charge >= 0.3 is 6.18 Å². The average molecular weight is 501 g/mol. The lowest BCUT2D eigenvalue weighted by molar-refractivity contribution is -0.171. The van der Waals surface area contributed by atoms with Gasteiger partial charge in [0.05, 0.1) is 17.6 Å². The van der Waals surface area contributed by atoms with Crippen LogP contribution in [0.5, 0.6) is 0 Å². The Morgan fingerprint density at radius 2 is 1.91 bits per heavy atom. The Hall–Kier alpha value is -2.08. The van der Waals surface area contributed by atoms with Gasteiger partial charge in [0.15, 0.2) is 16.8 Å². The standard InChI is InChI=1S/C21H24ClF3N6OS/c1-20(2,3)33(32)29(4)19(21(23,24)25)13-7-8-17(26-11-13)30-9-5-6-14-15(30)12-27-18-10-16(22)28-31(14)18/h7-8,10-12,19H,5-6,9H2,1-4H3/t19-,33?/m0/s1. The molecule has 4 heterocycles. The van der Waals surface area contributed by atoms with Crippen molar-refractivity contribution in [3.05, 3.63) is 47.0 Å². The molecule has 33 heavy (non-hydrogen) atoms. The van der Waals surface area contributed by atoms with Crippen molar-refractivity contribution in [2.75, 3.05) is 18.5 Å². The SMILES string of the molecule is CN([C@@H](c1ccc(N2CCCc3c2cnc2cc(Cl)nn32)nc1)C(F)(F)F)[S+]([O-])C(C)(C)C. The first-order valence-corrected chi connectivity index (χ1v) is 11.8. The van der Waals surface area contributed by atoms with Crippen LogP contribution in [-0.4, -0.2) is 53.0 Å². The third-order valence-electron chi connectivity index (χ3n) is 5.44. The summed E-state index contributed by atoms with van der Waals surface area (Å²) >= 11 is 4.16. The Kier molecular flexibility index (Phi) is 6.27. The van der Waals surface area contributed by atoms with Gasteiger partial charge in [-0.25, -0.2) is 14.5 Å². The molecule has 1 aliphatic rings. The summed E-state index contributed by atoms with van der Waals surface area (Å²) in [6, 6.07) is 2.57. The highest BCUT2D eigenvalue weighted by atomic mass is 35.5. The minimum atomic E-state index is -4.62. The molecule has 0 radical (unpaired) electrons. The van der Waals surface area contributed by atoms with Gasteiger partial charge in [-0.2, -0.15) is 18.3 Å². The number of nitrogens with zero attached hydrogens (tertiary/aromatic N) is 6. The second kappa shape index (κ2) is 8.61. The molecule has 12 heteroatoms. The van der Waals surface area contributed by atoms with E-state index in [1.807, 2.05) is 4.90 Å². The highest BCUT2D eigenvalue weighted by Gasteiger charge is 2.50. The third kappa shape index (κ3) is 4.64. The van der Waals surface area contributed by atoms with E-state index in [1.165, 1.54) is 19.3 Å². The topological polar surface area (TPSA) is 72.6 Å². The zero-order valence-electron chi connectivity index (χ0n) is 18.6. The van der Waals surface area contributed by atoms with Crippen molar-refractivity contribution in [1.29, 1.82) is 0 Å². The van der Waals surface area contributed by atoms with E-state index >= 15 is 0 Å². The highest BCUT2D eigenvalue weighted by molar-refractivity contribution is 7.90. The number of hydrogen-bond donors (Lipinski definition) is 0. The van der Waals surface area contributed by atoms with Crippen LogP contribution in [0, 0.1) is 0 Å². The van der Waals surface area contributed by atoms with E-state index in [1.54, 1.807) is 43.6 Å². The van der Waals surface area contributed by atoms with Crippen LogP contribution in [-0.2, 0) is 17.8 Å². The molecule has 4 rings (SSSR count). The molecule has 0 aromatic carbocycles. The van der Waals surface area contributed by atoms with Crippen LogP contribution in [0.15, 0.2) is 30.6 Å². The van der Waals surface area contributed by atoms with Crippen molar-refractivity contribution in [1.82, 2.24) is 23.9 Å². The monoisotopic (exact) mass is 500 g/mol. The number of alkyl halides is 3. The van der Waals surface area contributed by atoms with E-state index < -0.39 is 28.3 Å². The van der Waals surface area contributed by atoms with E-state index in [0.29, 0.717) is 23.2 Å². The first kappa shape index (κ1) is 24.1. The lowest BCUT2D eigenvalue weighted by atomic mass is 10.1. The number of rotatable bonds is 4. The zero-order valence-corrected chi connectivity index (χ0v) is 20.2. The molecule has 0 saturated carbocycles. The number of hydrogen-bond acceptors (Lipinski definition) is 6. The molecule has 0 bridgehead atoms. The smallest absolute Gasteiger partial charge is 0.412 e. The van der Waals surface area contributed by atoms with Gasteiger partial charge in [0.25, 0.3) is 0 Å². The van der Waals surface area contributed by atoms with Gasteiger partial charge in [-0.3, -0.25) is 0 Å². The summed E-state index contributed by atoms with van der Waals surface area (Å²) in [5.74, 6) is 0.500. The summed E-state index contributed by atoms with van der Waals surface area (Å²) in [5, 5.41) is 4.63. The molecule has 0 saturated heterocycles. The summed E-state index contributed by atoms with van der Waals surface area (Å²) in [4.78, 5) is 10.6. The maximum atomic E-state index is 14.0. The Balaban J connectivity index is 1.68. The zero-order chi connectivity index (χ0) is 24.1. The summed E-state index contributed by atoms with van der Waals surface area (Å²) in [6.45, 7) is 5.55. The van der Waals surface area contributed by atoms with E-state index in [2.05, 4.69) is 15.1 Å². The normalized spacial score (nSPS) is 16.8. The average Bonchev–Trinajstić information content (AvgIpc) is 3.12. The van der Waals surface area contributed by atoms with Gasteiger partial charge in [0, 0.05) is 42.8 Å². The number of fused-ring (bicyclic) bond motifs is 3. The summed E-state index contributed by atoms with van der Waals surface area (Å²) < 4.78 is 56.3. The van der Waals surface area contributed by atoms with Crippen LogP contribution in [0.25, 0.3) is 5.65 Å². The maximum Gasteiger partial charge on any atom is 0.412 e. The van der Waals surface area contributed by atoms with Crippen molar-refractivity contribution >= 4 is 40.1 Å². The highest BCUT2D eigenvalue weighted by Crippen LogP contribution is 2.41. The molecule has 0 N–H and O–H groups in total. The van der Waals surface area contributed by atoms with Crippen LogP contribution in [0.2, 0.25) is 5.15 Å². The molecular weight excluding hydrogens is 477 g/mol. The van der Waals surface area contributed by atoms with Gasteiger partial charge in [0.2, 0.25) is 0 Å². The summed E-state index contributed by atoms with van der Waals surface area (Å²) in [6.07, 6.45) is -0.136. The fourth-order valence-electron chi connectivity index (χ4n) is 4.02. The predicted molar refractivity (Wildman–Crippen MR) is 122 cm³/mol. The van der Waals surface area contributed by atoms with Crippen LogP contribution in [0.4, 0.5) is 24.7 Å². The molecule has 0 aliphatic carbocycles. The number of halogens is 4. The Morgan fingerprint density at radius 1 is 1.18 bits per heavy atom. The lowest BCUT2D eigenvalue weighted by Gasteiger charge is -2.36. The number of pyridine rings is 1. The second-order valence-corrected chi connectivity index (χ2v) is 11.6. The minimum Gasteiger partial charge on any atom is -0.597 e. The number of anilines is 2. The van der Waals surface area contributed by atoms with Gasteiger partial charge < -0.3 is 9.45 Å². The summed E-state index contributed by atoms with van der Waals surface area (Å²) in [5.41, 5.74) is 2.26. The van der Waals surface area contributed by atoms with Gasteiger partial charge in [-0.1, -0.05) is 17.7 Å². The molecule has 3 aromatic rings. The largest absolute Gasteiger partial charge is 0.597 e. The third-order valence-corrected chi connectivity index (χ3v) is 7.41. The molecule has 3 aromatic heterocycles. The van der Waals surface area contributed by atoms with Crippen LogP contribution >= 0.6 is 11.6 Å². The summed E-state index contributed by atoms with van der Waals surface area (Å²) in [7, 11) is 1.22. The molecule has 7 nitrogen and oxygen atoms in total. The minimum absolute atomic E-state index is 0.0731. The Morgan fingerprint density at radius 3 is 2.52 bits per heavy atom. The first-order chi connectivity index (χ1) is 15.4. The molecule has 1 aliphatic heterocycles. The number of aryl methyl sites for hydroxylation is 1. The second-order valence-electron chi connectivity index (χ2n) is 8.88. The number of aromatic nitrogens is 4. The molecule has 2 atom stereocenters. The van der Waals surface area contributed by atoms with Crippen molar-refractivity contribution < 1.29 is 17.7 Å². The van der Waals surface area contributed by atoms with Crippen LogP contribution in [0.3, 0.4) is 0 Å². The van der Waals surface area contributed by atoms with Crippen molar-refractivity contribution in [3.8, 4) is 0 Å². The predicted octanol–water partition coefficient (Wildman–Crippen LogP) is 4.86. The Labute approximate surface area is 197 Å². The lowest BCUT2D eigenvalue weighted by Crippen LogP contribution is -2.46. The van der Waals surface area contributed by atoms with Gasteiger partial charge in [-0.05, 0) is 39.7 Å². The maximum absolute atomic E-state index is 14.0. The molecule has 0 fully saturated rings. The fraction of sp³-hybridized carbons (Fsp3) is 0.476. The van der Waals surface area contributed by atoms with Crippen LogP contribution < -0.4 is 4.90 Å². The van der Waals surface area contributed by atoms with E-state index in [-0.39, 0.29) is 5.56 Å². The Bertz CT molecular complexity index is 1150. The molecule has 0 spiro atoms.